The molecule has 134 valence electrons. The van der Waals surface area contributed by atoms with E-state index < -0.39 is 0 Å². The minimum absolute atomic E-state index is 0. The van der Waals surface area contributed by atoms with E-state index in [1.807, 2.05) is 0 Å². The Bertz CT molecular complexity index is 626. The number of fused-ring (bicyclic) bond motifs is 1. The second-order valence-electron chi connectivity index (χ2n) is 5.68. The van der Waals surface area contributed by atoms with Crippen LogP contribution in [0.4, 0.5) is 0 Å². The average molecular weight is 444 g/mol. The molecule has 0 saturated carbocycles. The second kappa shape index (κ2) is 11.3. The molecule has 0 spiro atoms. The highest BCUT2D eigenvalue weighted by Gasteiger charge is 2.04. The Labute approximate surface area is 161 Å². The maximum Gasteiger partial charge on any atom is 0.191 e. The Morgan fingerprint density at radius 3 is 2.83 bits per heavy atom. The van der Waals surface area contributed by atoms with Crippen molar-refractivity contribution in [2.75, 3.05) is 26.8 Å². The van der Waals surface area contributed by atoms with Crippen LogP contribution in [-0.2, 0) is 11.3 Å². The van der Waals surface area contributed by atoms with Crippen molar-refractivity contribution in [1.82, 2.24) is 15.2 Å². The van der Waals surface area contributed by atoms with Crippen LogP contribution in [0.3, 0.4) is 0 Å². The first-order valence-electron chi connectivity index (χ1n) is 8.32. The quantitative estimate of drug-likeness (QED) is 0.285. The van der Waals surface area contributed by atoms with Gasteiger partial charge in [0.05, 0.1) is 6.61 Å². The van der Waals surface area contributed by atoms with Gasteiger partial charge in [-0.3, -0.25) is 4.99 Å². The molecular formula is C18H29IN4O. The Balaban J connectivity index is 0.00000288. The molecule has 0 saturated heterocycles. The molecule has 0 amide bonds. The van der Waals surface area contributed by atoms with Crippen molar-refractivity contribution in [2.24, 2.45) is 4.99 Å². The van der Waals surface area contributed by atoms with Gasteiger partial charge in [-0.05, 0) is 37.8 Å². The number of methoxy groups -OCH3 is 1. The van der Waals surface area contributed by atoms with Crippen LogP contribution in [0, 0.1) is 0 Å². The molecule has 2 aromatic rings. The molecule has 1 unspecified atom stereocenters. The molecule has 2 N–H and O–H groups in total. The van der Waals surface area contributed by atoms with Crippen LogP contribution in [0.25, 0.3) is 10.9 Å². The summed E-state index contributed by atoms with van der Waals surface area (Å²) in [6.45, 7) is 7.45. The summed E-state index contributed by atoms with van der Waals surface area (Å²) >= 11 is 0. The molecule has 24 heavy (non-hydrogen) atoms. The molecule has 1 heterocycles. The van der Waals surface area contributed by atoms with E-state index in [2.05, 4.69) is 70.6 Å². The van der Waals surface area contributed by atoms with Crippen LogP contribution in [0.2, 0.25) is 0 Å². The lowest BCUT2D eigenvalue weighted by molar-refractivity contribution is 0.179. The molecule has 0 fully saturated rings. The number of aliphatic imine (C=N–C) groups is 1. The van der Waals surface area contributed by atoms with Crippen molar-refractivity contribution in [3.05, 3.63) is 36.5 Å². The summed E-state index contributed by atoms with van der Waals surface area (Å²) in [5.74, 6) is 0.856. The number of nitrogens with zero attached hydrogens (tertiary/aromatic N) is 2. The molecule has 6 heteroatoms. The lowest BCUT2D eigenvalue weighted by Gasteiger charge is -2.17. The SMILES string of the molecule is CCNC(=NCCCn1ccc2ccccc21)NC(C)COC.I. The summed E-state index contributed by atoms with van der Waals surface area (Å²) in [6, 6.07) is 10.9. The van der Waals surface area contributed by atoms with Gasteiger partial charge in [0.25, 0.3) is 0 Å². The number of ether oxygens (including phenoxy) is 1. The zero-order valence-electron chi connectivity index (χ0n) is 14.8. The van der Waals surface area contributed by atoms with Gasteiger partial charge in [-0.15, -0.1) is 24.0 Å². The van der Waals surface area contributed by atoms with E-state index in [1.165, 1.54) is 10.9 Å². The van der Waals surface area contributed by atoms with Crippen LogP contribution in [0.5, 0.6) is 0 Å². The number of benzene rings is 1. The molecule has 1 atom stereocenters. The summed E-state index contributed by atoms with van der Waals surface area (Å²) in [7, 11) is 1.71. The number of nitrogens with one attached hydrogen (secondary N) is 2. The van der Waals surface area contributed by atoms with Crippen LogP contribution in [-0.4, -0.2) is 43.4 Å². The third kappa shape index (κ3) is 6.32. The third-order valence-electron chi connectivity index (χ3n) is 3.65. The highest BCUT2D eigenvalue weighted by atomic mass is 127. The molecule has 1 aromatic carbocycles. The van der Waals surface area contributed by atoms with Gasteiger partial charge >= 0.3 is 0 Å². The maximum atomic E-state index is 5.15. The summed E-state index contributed by atoms with van der Waals surface area (Å²) in [4.78, 5) is 4.64. The van der Waals surface area contributed by atoms with Gasteiger partial charge in [-0.2, -0.15) is 0 Å². The van der Waals surface area contributed by atoms with Crippen LogP contribution in [0.1, 0.15) is 20.3 Å². The van der Waals surface area contributed by atoms with Gasteiger partial charge in [0.15, 0.2) is 5.96 Å². The summed E-state index contributed by atoms with van der Waals surface area (Å²) in [6.07, 6.45) is 3.16. The number of para-hydroxylation sites is 1. The van der Waals surface area contributed by atoms with Gasteiger partial charge in [-0.25, -0.2) is 0 Å². The van der Waals surface area contributed by atoms with E-state index in [1.54, 1.807) is 7.11 Å². The fourth-order valence-corrected chi connectivity index (χ4v) is 2.61. The van der Waals surface area contributed by atoms with Gasteiger partial charge in [0.2, 0.25) is 0 Å². The Hall–Kier alpha value is -1.28. The summed E-state index contributed by atoms with van der Waals surface area (Å²) in [5, 5.41) is 7.91. The summed E-state index contributed by atoms with van der Waals surface area (Å²) < 4.78 is 7.44. The van der Waals surface area contributed by atoms with E-state index in [-0.39, 0.29) is 30.0 Å². The first-order chi connectivity index (χ1) is 11.2. The first kappa shape index (κ1) is 20.8. The van der Waals surface area contributed by atoms with Crippen molar-refractivity contribution in [3.8, 4) is 0 Å². The molecule has 0 aliphatic heterocycles. The summed E-state index contributed by atoms with van der Waals surface area (Å²) in [5.41, 5.74) is 1.29. The number of rotatable bonds is 8. The largest absolute Gasteiger partial charge is 0.383 e. The Kier molecular flexibility index (Phi) is 9.78. The predicted octanol–water partition coefficient (Wildman–Crippen LogP) is 3.24. The van der Waals surface area contributed by atoms with Crippen molar-refractivity contribution < 1.29 is 4.74 Å². The highest BCUT2D eigenvalue weighted by Crippen LogP contribution is 2.15. The smallest absolute Gasteiger partial charge is 0.191 e. The fourth-order valence-electron chi connectivity index (χ4n) is 2.61. The predicted molar refractivity (Wildman–Crippen MR) is 112 cm³/mol. The van der Waals surface area contributed by atoms with Gasteiger partial charge in [0, 0.05) is 44.5 Å². The van der Waals surface area contributed by atoms with Crippen molar-refractivity contribution in [3.63, 3.8) is 0 Å². The minimum atomic E-state index is 0. The lowest BCUT2D eigenvalue weighted by atomic mass is 10.2. The van der Waals surface area contributed by atoms with Crippen molar-refractivity contribution in [2.45, 2.75) is 32.9 Å². The van der Waals surface area contributed by atoms with Crippen LogP contribution >= 0.6 is 24.0 Å². The zero-order valence-corrected chi connectivity index (χ0v) is 17.1. The number of aromatic nitrogens is 1. The molecule has 1 aromatic heterocycles. The second-order valence-corrected chi connectivity index (χ2v) is 5.68. The highest BCUT2D eigenvalue weighted by molar-refractivity contribution is 14.0. The Morgan fingerprint density at radius 2 is 2.08 bits per heavy atom. The number of halogens is 1. The normalized spacial score (nSPS) is 12.7. The number of guanidine groups is 1. The number of hydrogen-bond acceptors (Lipinski definition) is 2. The molecule has 0 aliphatic carbocycles. The average Bonchev–Trinajstić information content (AvgIpc) is 2.95. The molecule has 5 nitrogen and oxygen atoms in total. The fraction of sp³-hybridized carbons (Fsp3) is 0.500. The molecule has 2 rings (SSSR count). The number of hydrogen-bond donors (Lipinski definition) is 2. The third-order valence-corrected chi connectivity index (χ3v) is 3.65. The number of aryl methyl sites for hydroxylation is 1. The topological polar surface area (TPSA) is 50.6 Å². The van der Waals surface area contributed by atoms with Crippen molar-refractivity contribution >= 4 is 40.8 Å². The first-order valence-corrected chi connectivity index (χ1v) is 8.32. The van der Waals surface area contributed by atoms with Crippen LogP contribution in [0.15, 0.2) is 41.5 Å². The maximum absolute atomic E-state index is 5.15. The van der Waals surface area contributed by atoms with E-state index in [9.17, 15) is 0 Å². The van der Waals surface area contributed by atoms with Crippen molar-refractivity contribution in [1.29, 1.82) is 0 Å². The lowest BCUT2D eigenvalue weighted by Crippen LogP contribution is -2.44. The zero-order chi connectivity index (χ0) is 16.5. The van der Waals surface area contributed by atoms with Crippen LogP contribution < -0.4 is 10.6 Å². The molecular weight excluding hydrogens is 415 g/mol. The van der Waals surface area contributed by atoms with E-state index in [0.717, 1.165) is 32.0 Å². The molecule has 0 aliphatic rings. The minimum Gasteiger partial charge on any atom is -0.383 e. The monoisotopic (exact) mass is 444 g/mol. The molecule has 0 bridgehead atoms. The van der Waals surface area contributed by atoms with Gasteiger partial charge < -0.3 is 19.9 Å². The van der Waals surface area contributed by atoms with Gasteiger partial charge in [-0.1, -0.05) is 18.2 Å². The van der Waals surface area contributed by atoms with E-state index >= 15 is 0 Å². The van der Waals surface area contributed by atoms with E-state index in [0.29, 0.717) is 6.61 Å². The van der Waals surface area contributed by atoms with E-state index in [4.69, 9.17) is 4.74 Å². The molecule has 0 radical (unpaired) electrons. The standard InChI is InChI=1S/C18H28N4O.HI/c1-4-19-18(21-15(2)14-23-3)20-11-7-12-22-13-10-16-8-5-6-9-17(16)22;/h5-6,8-10,13,15H,4,7,11-12,14H2,1-3H3,(H2,19,20,21);1H. The Morgan fingerprint density at radius 1 is 1.29 bits per heavy atom. The van der Waals surface area contributed by atoms with Gasteiger partial charge in [0.1, 0.15) is 0 Å².